The van der Waals surface area contributed by atoms with E-state index in [1.807, 2.05) is 0 Å². The second-order valence-electron chi connectivity index (χ2n) is 0.947. The van der Waals surface area contributed by atoms with Crippen LogP contribution >= 0.6 is 0 Å². The van der Waals surface area contributed by atoms with E-state index in [0.29, 0.717) is 6.29 Å². The molecule has 0 amide bonds. The van der Waals surface area contributed by atoms with Gasteiger partial charge in [-0.05, 0) is 0 Å². The van der Waals surface area contributed by atoms with E-state index < -0.39 is 5.97 Å². The van der Waals surface area contributed by atoms with Crippen LogP contribution in [0.4, 0.5) is 0 Å². The summed E-state index contributed by atoms with van der Waals surface area (Å²) in [4.78, 5) is 19.4. The summed E-state index contributed by atoms with van der Waals surface area (Å²) in [5, 5.41) is 0. The molecule has 4 heteroatoms. The first-order chi connectivity index (χ1) is 3.31. The summed E-state index contributed by atoms with van der Waals surface area (Å²) in [6, 6.07) is 0. The van der Waals surface area contributed by atoms with Gasteiger partial charge in [0.2, 0.25) is 0 Å². The Balaban J connectivity index is 0. The zero-order valence-corrected chi connectivity index (χ0v) is 4.01. The van der Waals surface area contributed by atoms with Crippen LogP contribution in [0.3, 0.4) is 0 Å². The first-order valence-electron chi connectivity index (χ1n) is 1.81. The average molecular weight is 142 g/mol. The van der Waals surface area contributed by atoms with Crippen molar-refractivity contribution in [2.75, 3.05) is 7.11 Å². The summed E-state index contributed by atoms with van der Waals surface area (Å²) >= 11 is 0. The Labute approximate surface area is 90.2 Å². The maximum atomic E-state index is 9.96. The van der Waals surface area contributed by atoms with Crippen molar-refractivity contribution >= 4 is 63.6 Å². The summed E-state index contributed by atoms with van der Waals surface area (Å²) in [5.74, 6) is -0.491. The first-order valence-corrected chi connectivity index (χ1v) is 1.81. The van der Waals surface area contributed by atoms with Gasteiger partial charge in [-0.15, -0.1) is 0 Å². The minimum absolute atomic E-state index is 0. The van der Waals surface area contributed by atoms with E-state index in [1.165, 1.54) is 7.11 Å². The van der Waals surface area contributed by atoms with E-state index in [1.54, 1.807) is 0 Å². The van der Waals surface area contributed by atoms with Gasteiger partial charge in [-0.2, -0.15) is 0 Å². The first kappa shape index (κ1) is 11.6. The quantitative estimate of drug-likeness (QED) is 0.217. The van der Waals surface area contributed by atoms with Crippen LogP contribution in [0.1, 0.15) is 6.42 Å². The number of carbonyl (C=O) groups excluding carboxylic acids is 2. The summed E-state index contributed by atoms with van der Waals surface area (Å²) in [5.41, 5.74) is 0. The molecule has 0 heterocycles. The molecule has 0 rings (SSSR count). The number of methoxy groups -OCH3 is 1. The van der Waals surface area contributed by atoms with Gasteiger partial charge in [0.1, 0.15) is 12.7 Å². The number of aldehydes is 1. The monoisotopic (exact) mass is 142 g/mol. The normalized spacial score (nSPS) is 6.62. The van der Waals surface area contributed by atoms with E-state index in [4.69, 9.17) is 0 Å². The van der Waals surface area contributed by atoms with Crippen molar-refractivity contribution in [3.63, 3.8) is 0 Å². The maximum absolute atomic E-state index is 9.96. The van der Waals surface area contributed by atoms with Crippen molar-refractivity contribution < 1.29 is 14.3 Å². The van der Waals surface area contributed by atoms with Crippen LogP contribution < -0.4 is 0 Å². The predicted octanol–water partition coefficient (Wildman–Crippen LogP) is -0.900. The van der Waals surface area contributed by atoms with E-state index >= 15 is 0 Å². The van der Waals surface area contributed by atoms with Gasteiger partial charge in [0, 0.05) is 0 Å². The molecule has 0 aliphatic carbocycles. The van der Waals surface area contributed by atoms with Crippen LogP contribution in [0.15, 0.2) is 0 Å². The van der Waals surface area contributed by atoms with Gasteiger partial charge in [-0.25, -0.2) is 0 Å². The third-order valence-electron chi connectivity index (χ3n) is 0.478. The molecule has 42 valence electrons. The van der Waals surface area contributed by atoms with Crippen molar-refractivity contribution in [1.82, 2.24) is 0 Å². The SMILES string of the molecule is COC(=O)CC=O.[KH]. The molecule has 0 saturated carbocycles. The van der Waals surface area contributed by atoms with Crippen molar-refractivity contribution in [2.24, 2.45) is 0 Å². The molecule has 0 N–H and O–H groups in total. The van der Waals surface area contributed by atoms with Gasteiger partial charge in [-0.1, -0.05) is 0 Å². The van der Waals surface area contributed by atoms with E-state index in [0.717, 1.165) is 0 Å². The second kappa shape index (κ2) is 7.78. The number of rotatable bonds is 2. The molecule has 0 saturated heterocycles. The number of ether oxygens (including phenoxy) is 1. The van der Waals surface area contributed by atoms with Gasteiger partial charge in [0.25, 0.3) is 0 Å². The Morgan fingerprint density at radius 3 is 2.38 bits per heavy atom. The topological polar surface area (TPSA) is 43.4 Å². The molecule has 0 atom stereocenters. The Morgan fingerprint density at radius 1 is 1.75 bits per heavy atom. The van der Waals surface area contributed by atoms with Crippen molar-refractivity contribution in [3.8, 4) is 0 Å². The molecular weight excluding hydrogens is 135 g/mol. The molecule has 3 nitrogen and oxygen atoms in total. The third-order valence-corrected chi connectivity index (χ3v) is 0.478. The number of carbonyl (C=O) groups is 2. The predicted molar refractivity (Wildman–Crippen MR) is 29.8 cm³/mol. The number of hydrogen-bond donors (Lipinski definition) is 0. The molecule has 0 aliphatic rings. The van der Waals surface area contributed by atoms with Gasteiger partial charge in [0.15, 0.2) is 0 Å². The van der Waals surface area contributed by atoms with Crippen LogP contribution in [0.2, 0.25) is 0 Å². The molecule has 0 aromatic carbocycles. The molecule has 0 aliphatic heterocycles. The van der Waals surface area contributed by atoms with Gasteiger partial charge >= 0.3 is 57.4 Å². The van der Waals surface area contributed by atoms with Crippen LogP contribution in [0.25, 0.3) is 0 Å². The van der Waals surface area contributed by atoms with Crippen LogP contribution in [-0.2, 0) is 14.3 Å². The molecule has 0 radical (unpaired) electrons. The van der Waals surface area contributed by atoms with E-state index in [2.05, 4.69) is 4.74 Å². The molecule has 0 spiro atoms. The summed E-state index contributed by atoms with van der Waals surface area (Å²) in [6.45, 7) is 0. The molecule has 0 unspecified atom stereocenters. The average Bonchev–Trinajstić information content (AvgIpc) is 1.68. The minimum atomic E-state index is -0.491. The van der Waals surface area contributed by atoms with E-state index in [9.17, 15) is 9.59 Å². The summed E-state index contributed by atoms with van der Waals surface area (Å²) in [7, 11) is 1.24. The molecule has 8 heavy (non-hydrogen) atoms. The van der Waals surface area contributed by atoms with Crippen LogP contribution in [0, 0.1) is 0 Å². The number of hydrogen-bond acceptors (Lipinski definition) is 3. The fraction of sp³-hybridized carbons (Fsp3) is 0.500. The molecule has 0 aromatic rings. The van der Waals surface area contributed by atoms with Crippen molar-refractivity contribution in [3.05, 3.63) is 0 Å². The molecule has 0 aromatic heterocycles. The Bertz CT molecular complexity index is 81.4. The zero-order chi connectivity index (χ0) is 5.70. The summed E-state index contributed by atoms with van der Waals surface area (Å²) in [6.07, 6.45) is 0.363. The van der Waals surface area contributed by atoms with Gasteiger partial charge in [-0.3, -0.25) is 4.79 Å². The van der Waals surface area contributed by atoms with Crippen LogP contribution in [-0.4, -0.2) is 70.7 Å². The van der Waals surface area contributed by atoms with Crippen molar-refractivity contribution in [1.29, 1.82) is 0 Å². The fourth-order valence-electron chi connectivity index (χ4n) is 0.151. The molecular formula is C4H7KO3. The fourth-order valence-corrected chi connectivity index (χ4v) is 0.151. The molecule has 0 bridgehead atoms. The standard InChI is InChI=1S/C4H6O3.K.H/c1-7-4(6)2-3-5;;/h3H,2H2,1H3;;. The van der Waals surface area contributed by atoms with Crippen molar-refractivity contribution in [2.45, 2.75) is 6.42 Å². The Morgan fingerprint density at radius 2 is 2.25 bits per heavy atom. The summed E-state index contributed by atoms with van der Waals surface area (Å²) < 4.78 is 4.12. The van der Waals surface area contributed by atoms with Gasteiger partial charge in [0.05, 0.1) is 7.11 Å². The van der Waals surface area contributed by atoms with E-state index in [-0.39, 0.29) is 57.8 Å². The Kier molecular flexibility index (Phi) is 11.2. The Hall–Kier alpha value is 0.776. The third kappa shape index (κ3) is 6.78. The second-order valence-corrected chi connectivity index (χ2v) is 0.947. The molecule has 0 fully saturated rings. The van der Waals surface area contributed by atoms with Gasteiger partial charge < -0.3 is 9.53 Å². The number of esters is 1. The zero-order valence-electron chi connectivity index (χ0n) is 4.01. The van der Waals surface area contributed by atoms with Crippen LogP contribution in [0.5, 0.6) is 0 Å².